The smallest absolute Gasteiger partial charge is 0.319 e. The van der Waals surface area contributed by atoms with E-state index in [-0.39, 0.29) is 18.5 Å². The van der Waals surface area contributed by atoms with Gasteiger partial charge in [-0.15, -0.1) is 0 Å². The molecule has 0 saturated heterocycles. The maximum atomic E-state index is 12.3. The zero-order valence-corrected chi connectivity index (χ0v) is 15.3. The molecule has 2 N–H and O–H groups in total. The number of likely N-dealkylation sites (N-methyl/N-ethyl adjacent to an activating group) is 1. The van der Waals surface area contributed by atoms with E-state index in [9.17, 15) is 9.59 Å². The number of anilines is 1. The van der Waals surface area contributed by atoms with Crippen LogP contribution in [0, 0.1) is 6.92 Å². The Balaban J connectivity index is 1.88. The van der Waals surface area contributed by atoms with Crippen molar-refractivity contribution in [2.75, 3.05) is 18.9 Å². The number of hydrogen-bond acceptors (Lipinski definition) is 2. The summed E-state index contributed by atoms with van der Waals surface area (Å²) >= 11 is 6.18. The Labute approximate surface area is 153 Å². The van der Waals surface area contributed by atoms with Crippen molar-refractivity contribution in [3.63, 3.8) is 0 Å². The van der Waals surface area contributed by atoms with Gasteiger partial charge in [0.25, 0.3) is 0 Å². The molecule has 132 valence electrons. The molecule has 3 amide bonds. The van der Waals surface area contributed by atoms with Crippen LogP contribution in [0.3, 0.4) is 0 Å². The van der Waals surface area contributed by atoms with Gasteiger partial charge in [0.1, 0.15) is 0 Å². The van der Waals surface area contributed by atoms with Crippen LogP contribution in [0.2, 0.25) is 5.02 Å². The molecule has 0 heterocycles. The lowest BCUT2D eigenvalue weighted by atomic mass is 10.1. The number of carbonyl (C=O) groups excluding carboxylic acids is 2. The lowest BCUT2D eigenvalue weighted by Crippen LogP contribution is -2.40. The Morgan fingerprint density at radius 1 is 1.16 bits per heavy atom. The number of carbonyl (C=O) groups is 2. The van der Waals surface area contributed by atoms with Gasteiger partial charge >= 0.3 is 6.03 Å². The van der Waals surface area contributed by atoms with Gasteiger partial charge in [0, 0.05) is 17.8 Å². The van der Waals surface area contributed by atoms with Gasteiger partial charge in [-0.2, -0.15) is 0 Å². The van der Waals surface area contributed by atoms with E-state index in [0.29, 0.717) is 10.7 Å². The zero-order valence-electron chi connectivity index (χ0n) is 14.5. The molecule has 25 heavy (non-hydrogen) atoms. The van der Waals surface area contributed by atoms with E-state index in [0.717, 1.165) is 11.1 Å². The summed E-state index contributed by atoms with van der Waals surface area (Å²) in [5, 5.41) is 5.89. The summed E-state index contributed by atoms with van der Waals surface area (Å²) in [5.41, 5.74) is 2.59. The SMILES string of the molecule is Cc1cccc(NC(=O)NCC(=O)N(C)C(C)c2ccccc2Cl)c1. The van der Waals surface area contributed by atoms with Crippen molar-refractivity contribution in [1.82, 2.24) is 10.2 Å². The van der Waals surface area contributed by atoms with Crippen molar-refractivity contribution in [1.29, 1.82) is 0 Å². The average molecular weight is 360 g/mol. The van der Waals surface area contributed by atoms with Gasteiger partial charge in [0.05, 0.1) is 12.6 Å². The second-order valence-electron chi connectivity index (χ2n) is 5.88. The maximum Gasteiger partial charge on any atom is 0.319 e. The standard InChI is InChI=1S/C19H22ClN3O2/c1-13-7-6-8-15(11-13)22-19(25)21-12-18(24)23(3)14(2)16-9-4-5-10-17(16)20/h4-11,14H,12H2,1-3H3,(H2,21,22,25). The first kappa shape index (κ1) is 18.8. The molecule has 0 fully saturated rings. The molecule has 1 atom stereocenters. The minimum atomic E-state index is -0.419. The molecule has 0 saturated carbocycles. The summed E-state index contributed by atoms with van der Waals surface area (Å²) in [7, 11) is 1.69. The Hall–Kier alpha value is -2.53. The molecule has 0 spiro atoms. The van der Waals surface area contributed by atoms with E-state index >= 15 is 0 Å². The van der Waals surface area contributed by atoms with Crippen LogP contribution in [0.5, 0.6) is 0 Å². The van der Waals surface area contributed by atoms with Crippen LogP contribution in [-0.2, 0) is 4.79 Å². The highest BCUT2D eigenvalue weighted by molar-refractivity contribution is 6.31. The molecule has 2 aromatic rings. The fourth-order valence-electron chi connectivity index (χ4n) is 2.42. The summed E-state index contributed by atoms with van der Waals surface area (Å²) in [6.07, 6.45) is 0. The van der Waals surface area contributed by atoms with E-state index in [1.54, 1.807) is 24.1 Å². The minimum absolute atomic E-state index is 0.0943. The molecule has 2 rings (SSSR count). The van der Waals surface area contributed by atoms with Crippen LogP contribution in [0.25, 0.3) is 0 Å². The first-order valence-corrected chi connectivity index (χ1v) is 8.38. The molecule has 0 bridgehead atoms. The van der Waals surface area contributed by atoms with Crippen LogP contribution in [0.15, 0.2) is 48.5 Å². The number of benzene rings is 2. The first-order valence-electron chi connectivity index (χ1n) is 8.00. The normalized spacial score (nSPS) is 11.5. The minimum Gasteiger partial charge on any atom is -0.337 e. The summed E-state index contributed by atoms with van der Waals surface area (Å²) in [6, 6.07) is 14.2. The number of aryl methyl sites for hydroxylation is 1. The van der Waals surface area contributed by atoms with Crippen LogP contribution in [0.1, 0.15) is 24.1 Å². The Kier molecular flexibility index (Phi) is 6.42. The second-order valence-corrected chi connectivity index (χ2v) is 6.29. The predicted octanol–water partition coefficient (Wildman–Crippen LogP) is 3.99. The van der Waals surface area contributed by atoms with Gasteiger partial charge in [-0.05, 0) is 43.2 Å². The molecule has 0 aliphatic carbocycles. The van der Waals surface area contributed by atoms with Gasteiger partial charge in [-0.1, -0.05) is 41.9 Å². The van der Waals surface area contributed by atoms with Gasteiger partial charge in [0.15, 0.2) is 0 Å². The molecule has 1 unspecified atom stereocenters. The summed E-state index contributed by atoms with van der Waals surface area (Å²) in [6.45, 7) is 3.74. The van der Waals surface area contributed by atoms with Gasteiger partial charge in [-0.25, -0.2) is 4.79 Å². The molecule has 0 aromatic heterocycles. The van der Waals surface area contributed by atoms with Crippen LogP contribution in [0.4, 0.5) is 10.5 Å². The van der Waals surface area contributed by atoms with E-state index in [4.69, 9.17) is 11.6 Å². The van der Waals surface area contributed by atoms with Crippen LogP contribution in [-0.4, -0.2) is 30.4 Å². The molecular weight excluding hydrogens is 338 g/mol. The average Bonchev–Trinajstić information content (AvgIpc) is 2.59. The highest BCUT2D eigenvalue weighted by atomic mass is 35.5. The van der Waals surface area contributed by atoms with Crippen molar-refractivity contribution >= 4 is 29.2 Å². The summed E-state index contributed by atoms with van der Waals surface area (Å²) < 4.78 is 0. The third-order valence-electron chi connectivity index (χ3n) is 4.01. The molecule has 5 nitrogen and oxygen atoms in total. The molecule has 6 heteroatoms. The molecular formula is C19H22ClN3O2. The van der Waals surface area contributed by atoms with E-state index in [1.165, 1.54) is 0 Å². The summed E-state index contributed by atoms with van der Waals surface area (Å²) in [5.74, 6) is -0.202. The fourth-order valence-corrected chi connectivity index (χ4v) is 2.71. The number of nitrogens with zero attached hydrogens (tertiary/aromatic N) is 1. The Morgan fingerprint density at radius 2 is 1.88 bits per heavy atom. The first-order chi connectivity index (χ1) is 11.9. The van der Waals surface area contributed by atoms with Gasteiger partial charge < -0.3 is 15.5 Å². The predicted molar refractivity (Wildman–Crippen MR) is 101 cm³/mol. The monoisotopic (exact) mass is 359 g/mol. The second kappa shape index (κ2) is 8.53. The van der Waals surface area contributed by atoms with Gasteiger partial charge in [-0.3, -0.25) is 4.79 Å². The van der Waals surface area contributed by atoms with Crippen molar-refractivity contribution in [2.45, 2.75) is 19.9 Å². The number of amides is 3. The third kappa shape index (κ3) is 5.22. The maximum absolute atomic E-state index is 12.3. The van der Waals surface area contributed by atoms with Crippen molar-refractivity contribution < 1.29 is 9.59 Å². The lowest BCUT2D eigenvalue weighted by molar-refractivity contribution is -0.130. The highest BCUT2D eigenvalue weighted by Gasteiger charge is 2.19. The molecule has 2 aromatic carbocycles. The number of hydrogen-bond donors (Lipinski definition) is 2. The number of rotatable bonds is 5. The van der Waals surface area contributed by atoms with Crippen molar-refractivity contribution in [2.24, 2.45) is 0 Å². The number of urea groups is 1. The quantitative estimate of drug-likeness (QED) is 0.847. The fraction of sp³-hybridized carbons (Fsp3) is 0.263. The third-order valence-corrected chi connectivity index (χ3v) is 4.35. The topological polar surface area (TPSA) is 61.4 Å². The molecule has 0 radical (unpaired) electrons. The van der Waals surface area contributed by atoms with Crippen molar-refractivity contribution in [3.8, 4) is 0 Å². The number of halogens is 1. The zero-order chi connectivity index (χ0) is 18.4. The largest absolute Gasteiger partial charge is 0.337 e. The van der Waals surface area contributed by atoms with Crippen LogP contribution >= 0.6 is 11.6 Å². The van der Waals surface area contributed by atoms with E-state index in [1.807, 2.05) is 50.2 Å². The number of nitrogens with one attached hydrogen (secondary N) is 2. The Morgan fingerprint density at radius 3 is 2.56 bits per heavy atom. The Bertz CT molecular complexity index is 764. The molecule has 0 aliphatic rings. The summed E-state index contributed by atoms with van der Waals surface area (Å²) in [4.78, 5) is 25.8. The van der Waals surface area contributed by atoms with Crippen LogP contribution < -0.4 is 10.6 Å². The van der Waals surface area contributed by atoms with E-state index in [2.05, 4.69) is 10.6 Å². The highest BCUT2D eigenvalue weighted by Crippen LogP contribution is 2.26. The van der Waals surface area contributed by atoms with Gasteiger partial charge in [0.2, 0.25) is 5.91 Å². The van der Waals surface area contributed by atoms with E-state index < -0.39 is 6.03 Å². The van der Waals surface area contributed by atoms with Crippen molar-refractivity contribution in [3.05, 3.63) is 64.7 Å². The lowest BCUT2D eigenvalue weighted by Gasteiger charge is -2.26. The molecule has 0 aliphatic heterocycles.